The maximum Gasteiger partial charge on any atom is 0.472 e. The SMILES string of the molecule is CC/C=C\C/C=C\C/C=C\C/C=C\C/C=C\C/C=C\C/C=C\C/C=C\CCCCCCCCCCCCCCCCC(=O)OC(COC(=O)CCCCCCC/C=C\C/C=C\C/C=C\CC)COP(=O)(O)OCCN. The Morgan fingerprint density at radius 3 is 1.03 bits per heavy atom. The number of phosphoric ester groups is 1. The van der Waals surface area contributed by atoms with Gasteiger partial charge in [0.25, 0.3) is 0 Å². The predicted molar refractivity (Wildman–Crippen MR) is 320 cm³/mol. The minimum Gasteiger partial charge on any atom is -0.462 e. The Balaban J connectivity index is 3.92. The minimum atomic E-state index is -4.40. The van der Waals surface area contributed by atoms with Gasteiger partial charge >= 0.3 is 19.8 Å². The summed E-state index contributed by atoms with van der Waals surface area (Å²) in [4.78, 5) is 35.1. The second-order valence-corrected chi connectivity index (χ2v) is 20.6. The number of hydrogen-bond donors (Lipinski definition) is 2. The monoisotopic (exact) mass is 1060 g/mol. The number of hydrogen-bond acceptors (Lipinski definition) is 8. The molecular weight excluding hydrogens is 954 g/mol. The molecule has 10 heteroatoms. The molecule has 0 aromatic rings. The molecule has 75 heavy (non-hydrogen) atoms. The zero-order chi connectivity index (χ0) is 54.5. The Hall–Kier alpha value is -3.85. The molecule has 0 saturated carbocycles. The minimum absolute atomic E-state index is 0.0453. The van der Waals surface area contributed by atoms with E-state index in [0.717, 1.165) is 122 Å². The highest BCUT2D eigenvalue weighted by atomic mass is 31.2. The van der Waals surface area contributed by atoms with Gasteiger partial charge in [0.15, 0.2) is 6.10 Å². The molecular formula is C65H108NO8P. The van der Waals surface area contributed by atoms with Crippen molar-refractivity contribution in [3.63, 3.8) is 0 Å². The summed E-state index contributed by atoms with van der Waals surface area (Å²) in [5.74, 6) is -0.854. The Morgan fingerprint density at radius 2 is 0.693 bits per heavy atom. The van der Waals surface area contributed by atoms with Gasteiger partial charge in [-0.15, -0.1) is 0 Å². The first-order valence-corrected chi connectivity index (χ1v) is 31.2. The van der Waals surface area contributed by atoms with Gasteiger partial charge in [0.05, 0.1) is 13.2 Å². The predicted octanol–water partition coefficient (Wildman–Crippen LogP) is 19.0. The fourth-order valence-electron chi connectivity index (χ4n) is 7.72. The van der Waals surface area contributed by atoms with Gasteiger partial charge < -0.3 is 20.1 Å². The van der Waals surface area contributed by atoms with Gasteiger partial charge in [-0.2, -0.15) is 0 Å². The van der Waals surface area contributed by atoms with E-state index in [1.54, 1.807) is 0 Å². The van der Waals surface area contributed by atoms with Crippen LogP contribution in [0.5, 0.6) is 0 Å². The lowest BCUT2D eigenvalue weighted by molar-refractivity contribution is -0.161. The third kappa shape index (κ3) is 59.3. The van der Waals surface area contributed by atoms with Gasteiger partial charge in [0, 0.05) is 19.4 Å². The zero-order valence-corrected chi connectivity index (χ0v) is 48.4. The Kier molecular flexibility index (Phi) is 56.3. The van der Waals surface area contributed by atoms with Crippen LogP contribution in [-0.2, 0) is 32.7 Å². The van der Waals surface area contributed by atoms with E-state index in [1.165, 1.54) is 70.6 Å². The van der Waals surface area contributed by atoms with Crippen molar-refractivity contribution in [1.29, 1.82) is 0 Å². The normalized spacial score (nSPS) is 14.0. The smallest absolute Gasteiger partial charge is 0.462 e. The molecule has 0 amide bonds. The van der Waals surface area contributed by atoms with E-state index in [2.05, 4.69) is 148 Å². The van der Waals surface area contributed by atoms with Gasteiger partial charge in [-0.3, -0.25) is 18.6 Å². The summed E-state index contributed by atoms with van der Waals surface area (Å²) in [6, 6.07) is 0. The van der Waals surface area contributed by atoms with Gasteiger partial charge in [-0.1, -0.05) is 244 Å². The second-order valence-electron chi connectivity index (χ2n) is 19.1. The second kappa shape index (κ2) is 59.4. The lowest BCUT2D eigenvalue weighted by Gasteiger charge is -2.19. The summed E-state index contributed by atoms with van der Waals surface area (Å²) in [6.45, 7) is 3.48. The number of esters is 2. The standard InChI is InChI=1S/C65H108NO8P/c1-3-5-7-9-11-13-15-17-19-20-21-22-23-24-25-26-27-28-29-30-31-32-33-34-35-36-37-38-39-40-41-42-44-46-48-50-52-54-56-58-65(68)74-63(62-73-75(69,70)72-60-59-66)61-71-64(67)57-55-53-51-49-47-45-43-18-16-14-12-10-8-6-4-2/h5-8,11-14,17-19,21-22,24-25,27-28,30-31,33-34,43,63H,3-4,9-10,15-16,20,23,26,29,32,35-42,44-62,66H2,1-2H3,(H,69,70)/b7-5-,8-6-,13-11-,14-12-,19-17-,22-21-,25-24-,28-27-,31-30-,34-33-,43-18-. The van der Waals surface area contributed by atoms with Crippen LogP contribution in [-0.4, -0.2) is 49.3 Å². The van der Waals surface area contributed by atoms with Crippen molar-refractivity contribution in [3.05, 3.63) is 134 Å². The van der Waals surface area contributed by atoms with Crippen LogP contribution in [0.4, 0.5) is 0 Å². The molecule has 9 nitrogen and oxygen atoms in total. The van der Waals surface area contributed by atoms with Crippen molar-refractivity contribution in [1.82, 2.24) is 0 Å². The van der Waals surface area contributed by atoms with E-state index in [9.17, 15) is 19.0 Å². The number of carbonyl (C=O) groups excluding carboxylic acids is 2. The molecule has 0 rings (SSSR count). The number of carbonyl (C=O) groups is 2. The molecule has 2 unspecified atom stereocenters. The third-order valence-corrected chi connectivity index (χ3v) is 13.0. The summed E-state index contributed by atoms with van der Waals surface area (Å²) < 4.78 is 33.0. The van der Waals surface area contributed by atoms with Crippen molar-refractivity contribution in [2.75, 3.05) is 26.4 Å². The third-order valence-electron chi connectivity index (χ3n) is 12.0. The van der Waals surface area contributed by atoms with Gasteiger partial charge in [0.1, 0.15) is 6.61 Å². The molecule has 0 fully saturated rings. The Bertz CT molecular complexity index is 1680. The molecule has 0 aromatic heterocycles. The number of allylic oxidation sites excluding steroid dienone is 22. The zero-order valence-electron chi connectivity index (χ0n) is 47.5. The summed E-state index contributed by atoms with van der Waals surface area (Å²) >= 11 is 0. The average Bonchev–Trinajstić information content (AvgIpc) is 3.40. The van der Waals surface area contributed by atoms with Crippen LogP contribution >= 0.6 is 7.82 Å². The first kappa shape index (κ1) is 71.2. The molecule has 0 heterocycles. The maximum absolute atomic E-state index is 12.7. The van der Waals surface area contributed by atoms with Crippen molar-refractivity contribution >= 4 is 19.8 Å². The first-order chi connectivity index (χ1) is 36.8. The lowest BCUT2D eigenvalue weighted by Crippen LogP contribution is -2.29. The molecule has 0 saturated heterocycles. The van der Waals surface area contributed by atoms with E-state index in [0.29, 0.717) is 12.8 Å². The first-order valence-electron chi connectivity index (χ1n) is 29.7. The highest BCUT2D eigenvalue weighted by molar-refractivity contribution is 7.47. The number of nitrogens with two attached hydrogens (primary N) is 1. The lowest BCUT2D eigenvalue weighted by atomic mass is 10.0. The molecule has 0 spiro atoms. The van der Waals surface area contributed by atoms with Crippen LogP contribution in [0.1, 0.15) is 232 Å². The highest BCUT2D eigenvalue weighted by Crippen LogP contribution is 2.43. The van der Waals surface area contributed by atoms with Gasteiger partial charge in [-0.05, 0) is 109 Å². The molecule has 0 radical (unpaired) electrons. The van der Waals surface area contributed by atoms with Crippen LogP contribution in [0.2, 0.25) is 0 Å². The van der Waals surface area contributed by atoms with Crippen molar-refractivity contribution in [3.8, 4) is 0 Å². The van der Waals surface area contributed by atoms with E-state index in [1.807, 2.05) is 0 Å². The highest BCUT2D eigenvalue weighted by Gasteiger charge is 2.26. The number of phosphoric acid groups is 1. The van der Waals surface area contributed by atoms with E-state index >= 15 is 0 Å². The largest absolute Gasteiger partial charge is 0.472 e. The fourth-order valence-corrected chi connectivity index (χ4v) is 8.49. The Morgan fingerprint density at radius 1 is 0.400 bits per heavy atom. The van der Waals surface area contributed by atoms with Crippen molar-refractivity contribution < 1.29 is 37.6 Å². The average molecular weight is 1060 g/mol. The van der Waals surface area contributed by atoms with Crippen molar-refractivity contribution in [2.45, 2.75) is 238 Å². The van der Waals surface area contributed by atoms with Crippen LogP contribution in [0.25, 0.3) is 0 Å². The summed E-state index contributed by atoms with van der Waals surface area (Å²) in [7, 11) is -4.40. The summed E-state index contributed by atoms with van der Waals surface area (Å²) in [6.07, 6.45) is 83.8. The number of ether oxygens (including phenoxy) is 2. The molecule has 0 bridgehead atoms. The van der Waals surface area contributed by atoms with Crippen LogP contribution in [0, 0.1) is 0 Å². The van der Waals surface area contributed by atoms with E-state index in [-0.39, 0.29) is 32.6 Å². The van der Waals surface area contributed by atoms with E-state index < -0.39 is 32.5 Å². The van der Waals surface area contributed by atoms with Gasteiger partial charge in [0.2, 0.25) is 0 Å². The molecule has 0 aliphatic rings. The van der Waals surface area contributed by atoms with Gasteiger partial charge in [-0.25, -0.2) is 4.57 Å². The van der Waals surface area contributed by atoms with Crippen molar-refractivity contribution in [2.24, 2.45) is 5.73 Å². The fraction of sp³-hybridized carbons (Fsp3) is 0.631. The summed E-state index contributed by atoms with van der Waals surface area (Å²) in [5.41, 5.74) is 5.37. The topological polar surface area (TPSA) is 134 Å². The molecule has 2 atom stereocenters. The molecule has 0 aliphatic heterocycles. The molecule has 426 valence electrons. The molecule has 0 aliphatic carbocycles. The van der Waals surface area contributed by atoms with Crippen LogP contribution in [0.3, 0.4) is 0 Å². The molecule has 3 N–H and O–H groups in total. The Labute approximate surface area is 459 Å². The maximum atomic E-state index is 12.7. The molecule has 0 aromatic carbocycles. The van der Waals surface area contributed by atoms with E-state index in [4.69, 9.17) is 24.3 Å². The number of unbranched alkanes of at least 4 members (excludes halogenated alkanes) is 19. The van der Waals surface area contributed by atoms with Crippen LogP contribution < -0.4 is 5.73 Å². The summed E-state index contributed by atoms with van der Waals surface area (Å²) in [5, 5.41) is 0. The quantitative estimate of drug-likeness (QED) is 0.0264. The van der Waals surface area contributed by atoms with Crippen LogP contribution in [0.15, 0.2) is 134 Å². The number of rotatable bonds is 54.